The Morgan fingerprint density at radius 3 is 2.56 bits per heavy atom. The Bertz CT molecular complexity index is 942. The monoisotopic (exact) mass is 390 g/mol. The van der Waals surface area contributed by atoms with Gasteiger partial charge >= 0.3 is 0 Å². The van der Waals surface area contributed by atoms with Gasteiger partial charge in [0.2, 0.25) is 15.9 Å². The van der Waals surface area contributed by atoms with Gasteiger partial charge in [0.05, 0.1) is 4.90 Å². The van der Waals surface area contributed by atoms with Crippen molar-refractivity contribution in [2.45, 2.75) is 31.1 Å². The van der Waals surface area contributed by atoms with E-state index >= 15 is 0 Å². The van der Waals surface area contributed by atoms with E-state index in [0.717, 1.165) is 29.7 Å². The molecule has 0 spiro atoms. The van der Waals surface area contributed by atoms with Gasteiger partial charge in [0.25, 0.3) is 0 Å². The Morgan fingerprint density at radius 2 is 1.89 bits per heavy atom. The van der Waals surface area contributed by atoms with Crippen LogP contribution in [0.3, 0.4) is 0 Å². The summed E-state index contributed by atoms with van der Waals surface area (Å²) >= 11 is 0. The first-order valence-electron chi connectivity index (χ1n) is 8.91. The molecule has 144 valence electrons. The summed E-state index contributed by atoms with van der Waals surface area (Å²) in [6.07, 6.45) is 2.07. The first-order valence-corrected chi connectivity index (χ1v) is 10.3. The van der Waals surface area contributed by atoms with Gasteiger partial charge in [-0.05, 0) is 60.7 Å². The average molecular weight is 390 g/mol. The van der Waals surface area contributed by atoms with E-state index in [2.05, 4.69) is 0 Å². The van der Waals surface area contributed by atoms with Crippen molar-refractivity contribution in [3.63, 3.8) is 0 Å². The minimum atomic E-state index is -3.63. The number of halogens is 1. The lowest BCUT2D eigenvalue weighted by Crippen LogP contribution is -2.34. The molecule has 0 fully saturated rings. The molecular formula is C20H23FN2O3S. The molecule has 0 saturated heterocycles. The molecular weight excluding hydrogens is 367 g/mol. The lowest BCUT2D eigenvalue weighted by molar-refractivity contribution is -0.116. The molecule has 3 rings (SSSR count). The fourth-order valence-electron chi connectivity index (χ4n) is 3.30. The Hall–Kier alpha value is -2.25. The highest BCUT2D eigenvalue weighted by atomic mass is 32.2. The molecule has 2 aromatic carbocycles. The van der Waals surface area contributed by atoms with Gasteiger partial charge in [0.15, 0.2) is 0 Å². The fourth-order valence-corrected chi connectivity index (χ4v) is 4.52. The summed E-state index contributed by atoms with van der Waals surface area (Å²) in [6.45, 7) is 2.47. The molecule has 0 radical (unpaired) electrons. The van der Waals surface area contributed by atoms with Crippen LogP contribution in [0.1, 0.15) is 24.5 Å². The molecule has 1 aliphatic heterocycles. The first-order chi connectivity index (χ1) is 12.8. The molecule has 1 amide bonds. The van der Waals surface area contributed by atoms with Crippen LogP contribution in [-0.2, 0) is 27.7 Å². The van der Waals surface area contributed by atoms with E-state index in [1.165, 1.54) is 23.4 Å². The van der Waals surface area contributed by atoms with E-state index < -0.39 is 10.0 Å². The molecule has 2 aromatic rings. The molecule has 27 heavy (non-hydrogen) atoms. The second-order valence-corrected chi connectivity index (χ2v) is 8.81. The van der Waals surface area contributed by atoms with Crippen LogP contribution in [0.15, 0.2) is 47.4 Å². The van der Waals surface area contributed by atoms with Crippen molar-refractivity contribution >= 4 is 21.6 Å². The lowest BCUT2D eigenvalue weighted by atomic mass is 10.0. The summed E-state index contributed by atoms with van der Waals surface area (Å²) in [5.74, 6) is -0.351. The maximum Gasteiger partial charge on any atom is 0.242 e. The van der Waals surface area contributed by atoms with Crippen molar-refractivity contribution < 1.29 is 17.6 Å². The highest BCUT2D eigenvalue weighted by molar-refractivity contribution is 7.89. The summed E-state index contributed by atoms with van der Waals surface area (Å²) in [7, 11) is -2.09. The smallest absolute Gasteiger partial charge is 0.242 e. The third-order valence-electron chi connectivity index (χ3n) is 4.89. The van der Waals surface area contributed by atoms with Crippen molar-refractivity contribution in [1.29, 1.82) is 0 Å². The van der Waals surface area contributed by atoms with Crippen LogP contribution in [0.4, 0.5) is 10.1 Å². The minimum Gasteiger partial charge on any atom is -0.312 e. The molecule has 0 aromatic heterocycles. The predicted molar refractivity (Wildman–Crippen MR) is 103 cm³/mol. The van der Waals surface area contributed by atoms with Gasteiger partial charge in [-0.15, -0.1) is 0 Å². The summed E-state index contributed by atoms with van der Waals surface area (Å²) in [5.41, 5.74) is 2.55. The maximum atomic E-state index is 13.0. The standard InChI is InChI=1S/C20H23FN2O3S/c1-15(24)23-12-3-4-17-14-19(9-10-20(17)23)27(25,26)22(2)13-11-16-5-7-18(21)8-6-16/h5-10,14H,3-4,11-13H2,1-2H3. The van der Waals surface area contributed by atoms with Crippen LogP contribution < -0.4 is 4.90 Å². The van der Waals surface area contributed by atoms with E-state index in [0.29, 0.717) is 19.5 Å². The van der Waals surface area contributed by atoms with Gasteiger partial charge in [-0.2, -0.15) is 0 Å². The molecule has 0 aliphatic carbocycles. The summed E-state index contributed by atoms with van der Waals surface area (Å²) < 4.78 is 40.1. The predicted octanol–water partition coefficient (Wildman–Crippen LogP) is 2.99. The van der Waals surface area contributed by atoms with Crippen molar-refractivity contribution in [1.82, 2.24) is 4.31 Å². The van der Waals surface area contributed by atoms with E-state index in [9.17, 15) is 17.6 Å². The summed E-state index contributed by atoms with van der Waals surface area (Å²) in [6, 6.07) is 11.0. The zero-order chi connectivity index (χ0) is 19.6. The number of aryl methyl sites for hydroxylation is 1. The SMILES string of the molecule is CC(=O)N1CCCc2cc(S(=O)(=O)N(C)CCc3ccc(F)cc3)ccc21. The maximum absolute atomic E-state index is 13.0. The van der Waals surface area contributed by atoms with Crippen LogP contribution in [0, 0.1) is 5.82 Å². The fraction of sp³-hybridized carbons (Fsp3) is 0.350. The number of hydrogen-bond donors (Lipinski definition) is 0. The number of sulfonamides is 1. The second kappa shape index (κ2) is 7.78. The van der Waals surface area contributed by atoms with E-state index in [4.69, 9.17) is 0 Å². The number of carbonyl (C=O) groups is 1. The van der Waals surface area contributed by atoms with Crippen LogP contribution in [-0.4, -0.2) is 38.8 Å². The molecule has 7 heteroatoms. The third-order valence-corrected chi connectivity index (χ3v) is 6.74. The number of likely N-dealkylation sites (N-methyl/N-ethyl adjacent to an activating group) is 1. The lowest BCUT2D eigenvalue weighted by Gasteiger charge is -2.29. The van der Waals surface area contributed by atoms with E-state index in [1.807, 2.05) is 0 Å². The zero-order valence-electron chi connectivity index (χ0n) is 15.5. The van der Waals surface area contributed by atoms with Crippen molar-refractivity contribution in [3.8, 4) is 0 Å². The number of hydrogen-bond acceptors (Lipinski definition) is 3. The number of carbonyl (C=O) groups excluding carboxylic acids is 1. The molecule has 0 bridgehead atoms. The highest BCUT2D eigenvalue weighted by Gasteiger charge is 2.25. The number of benzene rings is 2. The number of fused-ring (bicyclic) bond motifs is 1. The minimum absolute atomic E-state index is 0.0389. The third kappa shape index (κ3) is 4.20. The van der Waals surface area contributed by atoms with E-state index in [-0.39, 0.29) is 16.6 Å². The topological polar surface area (TPSA) is 57.7 Å². The molecule has 1 heterocycles. The van der Waals surface area contributed by atoms with Gasteiger partial charge in [-0.1, -0.05) is 12.1 Å². The van der Waals surface area contributed by atoms with Crippen LogP contribution in [0.25, 0.3) is 0 Å². The normalized spacial score (nSPS) is 14.3. The number of nitrogens with zero attached hydrogens (tertiary/aromatic N) is 2. The van der Waals surface area contributed by atoms with Crippen molar-refractivity contribution in [2.75, 3.05) is 25.0 Å². The average Bonchev–Trinajstić information content (AvgIpc) is 2.66. The van der Waals surface area contributed by atoms with Crippen LogP contribution in [0.2, 0.25) is 0 Å². The van der Waals surface area contributed by atoms with Gasteiger partial charge < -0.3 is 4.90 Å². The molecule has 1 aliphatic rings. The second-order valence-electron chi connectivity index (χ2n) is 6.77. The summed E-state index contributed by atoms with van der Waals surface area (Å²) in [5, 5.41) is 0. The molecule has 0 saturated carbocycles. The molecule has 0 N–H and O–H groups in total. The molecule has 0 unspecified atom stereocenters. The van der Waals surface area contributed by atoms with Crippen LogP contribution in [0.5, 0.6) is 0 Å². The molecule has 5 nitrogen and oxygen atoms in total. The van der Waals surface area contributed by atoms with Crippen LogP contribution >= 0.6 is 0 Å². The Balaban J connectivity index is 1.78. The van der Waals surface area contributed by atoms with Crippen molar-refractivity contribution in [3.05, 3.63) is 59.4 Å². The van der Waals surface area contributed by atoms with Crippen molar-refractivity contribution in [2.24, 2.45) is 0 Å². The zero-order valence-corrected chi connectivity index (χ0v) is 16.3. The van der Waals surface area contributed by atoms with E-state index in [1.54, 1.807) is 42.3 Å². The Morgan fingerprint density at radius 1 is 1.19 bits per heavy atom. The largest absolute Gasteiger partial charge is 0.312 e. The molecule has 0 atom stereocenters. The Kier molecular flexibility index (Phi) is 5.62. The Labute approximate surface area is 159 Å². The van der Waals surface area contributed by atoms with Gasteiger partial charge in [-0.25, -0.2) is 17.1 Å². The van der Waals surface area contributed by atoms with Gasteiger partial charge in [0, 0.05) is 32.7 Å². The van der Waals surface area contributed by atoms with Gasteiger partial charge in [0.1, 0.15) is 5.82 Å². The number of rotatable bonds is 5. The quantitative estimate of drug-likeness (QED) is 0.789. The number of anilines is 1. The number of amides is 1. The highest BCUT2D eigenvalue weighted by Crippen LogP contribution is 2.30. The van der Waals surface area contributed by atoms with Gasteiger partial charge in [-0.3, -0.25) is 4.79 Å². The summed E-state index contributed by atoms with van der Waals surface area (Å²) in [4.78, 5) is 13.7. The first kappa shape index (κ1) is 19.5.